The van der Waals surface area contributed by atoms with E-state index in [-0.39, 0.29) is 11.7 Å². The van der Waals surface area contributed by atoms with Gasteiger partial charge < -0.3 is 29.4 Å². The number of hydrogen-bond donors (Lipinski definition) is 2. The molecule has 0 atom stereocenters. The molecule has 5 aromatic rings. The van der Waals surface area contributed by atoms with Gasteiger partial charge >= 0.3 is 11.7 Å². The third kappa shape index (κ3) is 6.30. The molecule has 46 heavy (non-hydrogen) atoms. The van der Waals surface area contributed by atoms with E-state index >= 15 is 0 Å². The fourth-order valence-electron chi connectivity index (χ4n) is 6.58. The summed E-state index contributed by atoms with van der Waals surface area (Å²) < 4.78 is 18.7. The Morgan fingerprint density at radius 2 is 1.57 bits per heavy atom. The summed E-state index contributed by atoms with van der Waals surface area (Å²) in [7, 11) is 3.32. The molecule has 2 aliphatic rings. The van der Waals surface area contributed by atoms with E-state index in [9.17, 15) is 4.79 Å². The van der Waals surface area contributed by atoms with Gasteiger partial charge in [-0.05, 0) is 96.3 Å². The molecular formula is C36H40N6O4. The molecular weight excluding hydrogens is 580 g/mol. The van der Waals surface area contributed by atoms with E-state index < -0.39 is 0 Å². The van der Waals surface area contributed by atoms with E-state index in [1.54, 1.807) is 18.8 Å². The lowest BCUT2D eigenvalue weighted by atomic mass is 9.90. The highest BCUT2D eigenvalue weighted by atomic mass is 16.5. The first-order valence-corrected chi connectivity index (χ1v) is 16.1. The molecule has 0 saturated carbocycles. The highest BCUT2D eigenvalue weighted by Crippen LogP contribution is 2.30. The number of nitrogens with zero attached hydrogens (tertiary/aromatic N) is 4. The van der Waals surface area contributed by atoms with Gasteiger partial charge in [0.2, 0.25) is 0 Å². The molecule has 0 radical (unpaired) electrons. The third-order valence-corrected chi connectivity index (χ3v) is 8.97. The number of aromatic nitrogens is 4. The Hall–Kier alpha value is -4.83. The van der Waals surface area contributed by atoms with Crippen LogP contribution in [-0.2, 0) is 39.0 Å². The van der Waals surface area contributed by atoms with Crippen molar-refractivity contribution in [2.45, 2.75) is 58.3 Å². The second kappa shape index (κ2) is 13.3. The third-order valence-electron chi connectivity index (χ3n) is 8.97. The van der Waals surface area contributed by atoms with Crippen molar-refractivity contribution in [1.82, 2.24) is 24.8 Å². The molecule has 4 bridgehead atoms. The molecule has 10 nitrogen and oxygen atoms in total. The van der Waals surface area contributed by atoms with Gasteiger partial charge in [-0.1, -0.05) is 36.4 Å². The van der Waals surface area contributed by atoms with Crippen LogP contribution in [0.5, 0.6) is 17.5 Å². The number of imidazole rings is 1. The number of H-pyrrole nitrogens is 1. The zero-order valence-electron chi connectivity index (χ0n) is 26.5. The summed E-state index contributed by atoms with van der Waals surface area (Å²) in [4.78, 5) is 28.7. The molecule has 7 rings (SSSR count). The minimum atomic E-state index is -0.221. The number of rotatable bonds is 7. The van der Waals surface area contributed by atoms with Gasteiger partial charge in [-0.25, -0.2) is 4.79 Å². The van der Waals surface area contributed by atoms with E-state index in [1.165, 1.54) is 16.7 Å². The Kier molecular flexibility index (Phi) is 8.61. The predicted octanol–water partition coefficient (Wildman–Crippen LogP) is 5.14. The number of benzene rings is 3. The number of aromatic amines is 1. The Morgan fingerprint density at radius 1 is 0.870 bits per heavy atom. The minimum Gasteiger partial charge on any atom is -0.497 e. The SMILES string of the molecule is COc1ccc(CN(Cc2ccc(OC)cc2)c2nc3nc4c2[nH]c(=O)n4Cc2cc(c4c(c2)CNCC4)CCCCCO3)cc1. The maximum absolute atomic E-state index is 13.7. The lowest BCUT2D eigenvalue weighted by Gasteiger charge is -2.25. The molecule has 0 spiro atoms. The molecule has 10 heteroatoms. The van der Waals surface area contributed by atoms with Gasteiger partial charge in [-0.2, -0.15) is 9.97 Å². The largest absolute Gasteiger partial charge is 0.497 e. The first-order chi connectivity index (χ1) is 22.6. The van der Waals surface area contributed by atoms with Gasteiger partial charge in [-0.15, -0.1) is 0 Å². The van der Waals surface area contributed by atoms with Gasteiger partial charge in [0.05, 0.1) is 27.4 Å². The molecule has 0 fully saturated rings. The topological polar surface area (TPSA) is 107 Å². The van der Waals surface area contributed by atoms with Crippen LogP contribution in [0.25, 0.3) is 11.2 Å². The van der Waals surface area contributed by atoms with Crippen LogP contribution in [0.15, 0.2) is 65.5 Å². The van der Waals surface area contributed by atoms with Crippen molar-refractivity contribution < 1.29 is 14.2 Å². The maximum Gasteiger partial charge on any atom is 0.328 e. The fraction of sp³-hybridized carbons (Fsp3) is 0.361. The maximum atomic E-state index is 13.7. The van der Waals surface area contributed by atoms with E-state index in [1.807, 2.05) is 48.5 Å². The van der Waals surface area contributed by atoms with Crippen LogP contribution in [0, 0.1) is 0 Å². The highest BCUT2D eigenvalue weighted by molar-refractivity contribution is 5.84. The monoisotopic (exact) mass is 620 g/mol. The fourth-order valence-corrected chi connectivity index (χ4v) is 6.58. The predicted molar refractivity (Wildman–Crippen MR) is 178 cm³/mol. The van der Waals surface area contributed by atoms with Crippen molar-refractivity contribution in [3.63, 3.8) is 0 Å². The van der Waals surface area contributed by atoms with E-state index in [4.69, 9.17) is 24.2 Å². The molecule has 4 heterocycles. The molecule has 0 amide bonds. The van der Waals surface area contributed by atoms with Crippen LogP contribution in [-0.4, -0.2) is 46.9 Å². The van der Waals surface area contributed by atoms with E-state index in [0.29, 0.717) is 43.2 Å². The zero-order chi connectivity index (χ0) is 31.5. The summed E-state index contributed by atoms with van der Waals surface area (Å²) in [5.74, 6) is 2.20. The molecule has 2 N–H and O–H groups in total. The number of hydrogen-bond acceptors (Lipinski definition) is 8. The smallest absolute Gasteiger partial charge is 0.328 e. The average Bonchev–Trinajstić information content (AvgIpc) is 3.40. The standard InChI is InChI=1S/C36H40N6O4/c1-44-29-11-7-24(8-12-29)21-41(22-25-9-13-30(45-2)14-10-25)33-32-34-40-35(39-33)46-17-5-3-4-6-27-18-26(23-42(34)36(43)38-32)19-28-20-37-16-15-31(27)28/h7-14,18-19,37H,3-6,15-17,20-23H2,1-2H3,(H,38,43). The van der Waals surface area contributed by atoms with Crippen LogP contribution in [0.4, 0.5) is 5.82 Å². The number of aryl methyl sites for hydroxylation is 1. The summed E-state index contributed by atoms with van der Waals surface area (Å²) in [6, 6.07) is 20.8. The molecule has 0 saturated heterocycles. The number of methoxy groups -OCH3 is 2. The Morgan fingerprint density at radius 3 is 2.26 bits per heavy atom. The lowest BCUT2D eigenvalue weighted by Crippen LogP contribution is -2.25. The van der Waals surface area contributed by atoms with Crippen LogP contribution in [0.1, 0.15) is 52.6 Å². The molecule has 0 unspecified atom stereocenters. The zero-order valence-corrected chi connectivity index (χ0v) is 26.5. The average molecular weight is 621 g/mol. The van der Waals surface area contributed by atoms with Crippen LogP contribution >= 0.6 is 0 Å². The lowest BCUT2D eigenvalue weighted by molar-refractivity contribution is 0.283. The summed E-state index contributed by atoms with van der Waals surface area (Å²) in [6.07, 6.45) is 5.12. The quantitative estimate of drug-likeness (QED) is 0.258. The van der Waals surface area contributed by atoms with Crippen molar-refractivity contribution in [1.29, 1.82) is 0 Å². The molecule has 3 aromatic carbocycles. The summed E-state index contributed by atoms with van der Waals surface area (Å²) in [5.41, 5.74) is 8.36. The van der Waals surface area contributed by atoms with Crippen LogP contribution < -0.4 is 30.1 Å². The first-order valence-electron chi connectivity index (χ1n) is 16.1. The first kappa shape index (κ1) is 29.9. The summed E-state index contributed by atoms with van der Waals surface area (Å²) >= 11 is 0. The minimum absolute atomic E-state index is 0.221. The van der Waals surface area contributed by atoms with Gasteiger partial charge in [-0.3, -0.25) is 4.57 Å². The molecule has 238 valence electrons. The van der Waals surface area contributed by atoms with Gasteiger partial charge in [0, 0.05) is 19.6 Å². The van der Waals surface area contributed by atoms with Crippen molar-refractivity contribution >= 4 is 17.0 Å². The van der Waals surface area contributed by atoms with E-state index in [0.717, 1.165) is 73.4 Å². The van der Waals surface area contributed by atoms with Crippen LogP contribution in [0.2, 0.25) is 0 Å². The number of ether oxygens (including phenoxy) is 3. The second-order valence-electron chi connectivity index (χ2n) is 12.1. The Bertz CT molecular complexity index is 1830. The van der Waals surface area contributed by atoms with Gasteiger partial charge in [0.1, 0.15) is 17.0 Å². The Labute approximate surface area is 268 Å². The van der Waals surface area contributed by atoms with Crippen molar-refractivity contribution in [3.05, 3.63) is 105 Å². The second-order valence-corrected chi connectivity index (χ2v) is 12.1. The molecule has 2 aliphatic heterocycles. The van der Waals surface area contributed by atoms with Gasteiger partial charge in [0.25, 0.3) is 0 Å². The van der Waals surface area contributed by atoms with Crippen molar-refractivity contribution in [3.8, 4) is 17.5 Å². The summed E-state index contributed by atoms with van der Waals surface area (Å²) in [6.45, 7) is 3.85. The van der Waals surface area contributed by atoms with Crippen molar-refractivity contribution in [2.75, 3.05) is 32.3 Å². The van der Waals surface area contributed by atoms with Crippen LogP contribution in [0.3, 0.4) is 0 Å². The van der Waals surface area contributed by atoms with E-state index in [2.05, 4.69) is 27.3 Å². The van der Waals surface area contributed by atoms with Gasteiger partial charge in [0.15, 0.2) is 11.5 Å². The number of anilines is 1. The molecule has 2 aromatic heterocycles. The number of nitrogens with one attached hydrogen (secondary N) is 2. The van der Waals surface area contributed by atoms with Crippen molar-refractivity contribution in [2.24, 2.45) is 0 Å². The summed E-state index contributed by atoms with van der Waals surface area (Å²) in [5, 5.41) is 3.52. The highest BCUT2D eigenvalue weighted by Gasteiger charge is 2.23. The number of fused-ring (bicyclic) bond motifs is 5. The molecule has 0 aliphatic carbocycles. The Balaban J connectivity index is 1.34. The normalized spacial score (nSPS) is 14.7.